The lowest BCUT2D eigenvalue weighted by Gasteiger charge is -2.24. The molecule has 1 aliphatic carbocycles. The van der Waals surface area contributed by atoms with E-state index in [-0.39, 0.29) is 0 Å². The van der Waals surface area contributed by atoms with E-state index in [2.05, 4.69) is 12.2 Å². The average Bonchev–Trinajstić information content (AvgIpc) is 2.49. The van der Waals surface area contributed by atoms with Gasteiger partial charge in [-0.25, -0.2) is 0 Å². The minimum Gasteiger partial charge on any atom is -0.308 e. The molecule has 0 aromatic carbocycles. The van der Waals surface area contributed by atoms with Gasteiger partial charge >= 0.3 is 0 Å². The number of hydrogen-bond donors (Lipinski definition) is 1. The molecule has 1 aliphatic heterocycles. The smallest absolute Gasteiger partial charge is 0.0309 e. The highest BCUT2D eigenvalue weighted by molar-refractivity contribution is 5.05. The van der Waals surface area contributed by atoms with E-state index in [1.54, 1.807) is 0 Å². The van der Waals surface area contributed by atoms with E-state index >= 15 is 0 Å². The largest absolute Gasteiger partial charge is 0.308 e. The molecule has 0 aromatic rings. The van der Waals surface area contributed by atoms with Crippen molar-refractivity contribution in [1.29, 1.82) is 0 Å². The highest BCUT2D eigenvalue weighted by Gasteiger charge is 2.44. The highest BCUT2D eigenvalue weighted by atomic mass is 15.2. The third kappa shape index (κ3) is 0.983. The quantitative estimate of drug-likeness (QED) is 0.487. The van der Waals surface area contributed by atoms with E-state index in [1.165, 1.54) is 32.2 Å². The first kappa shape index (κ1) is 5.72. The summed E-state index contributed by atoms with van der Waals surface area (Å²) in [4.78, 5) is 0. The molecule has 0 aromatic heterocycles. The third-order valence-corrected chi connectivity index (χ3v) is 2.77. The molecule has 9 heavy (non-hydrogen) atoms. The van der Waals surface area contributed by atoms with Crippen molar-refractivity contribution >= 4 is 0 Å². The molecule has 52 valence electrons. The molecule has 2 fully saturated rings. The Kier molecular flexibility index (Phi) is 1.10. The summed E-state index contributed by atoms with van der Waals surface area (Å²) in [6.07, 6.45) is 5.79. The van der Waals surface area contributed by atoms with Gasteiger partial charge in [-0.15, -0.1) is 0 Å². The van der Waals surface area contributed by atoms with Crippen LogP contribution in [0.1, 0.15) is 32.6 Å². The lowest BCUT2D eigenvalue weighted by Crippen LogP contribution is -2.23. The Hall–Kier alpha value is -0.0400. The molecule has 1 nitrogen and oxygen atoms in total. The second-order valence-electron chi connectivity index (χ2n) is 3.84. The zero-order valence-electron chi connectivity index (χ0n) is 6.11. The van der Waals surface area contributed by atoms with Gasteiger partial charge in [-0.3, -0.25) is 0 Å². The first-order valence-corrected chi connectivity index (χ1v) is 4.06. The Morgan fingerprint density at radius 2 is 2.33 bits per heavy atom. The van der Waals surface area contributed by atoms with Crippen LogP contribution in [0.5, 0.6) is 0 Å². The van der Waals surface area contributed by atoms with E-state index in [1.807, 2.05) is 0 Å². The maximum atomic E-state index is 3.48. The van der Waals surface area contributed by atoms with Gasteiger partial charge in [-0.1, -0.05) is 19.8 Å². The molecule has 0 bridgehead atoms. The summed E-state index contributed by atoms with van der Waals surface area (Å²) in [6.45, 7) is 3.68. The summed E-state index contributed by atoms with van der Waals surface area (Å²) >= 11 is 0. The van der Waals surface area contributed by atoms with E-state index in [0.29, 0.717) is 5.54 Å². The predicted molar refractivity (Wildman–Crippen MR) is 38.4 cm³/mol. The van der Waals surface area contributed by atoms with E-state index in [4.69, 9.17) is 0 Å². The molecule has 2 rings (SSSR count). The SMILES string of the molecule is CC1CCCC2(CN2)C1. The Balaban J connectivity index is 1.96. The van der Waals surface area contributed by atoms with Crippen LogP contribution in [0.2, 0.25) is 0 Å². The molecule has 2 unspecified atom stereocenters. The van der Waals surface area contributed by atoms with Gasteiger partial charge in [0.25, 0.3) is 0 Å². The van der Waals surface area contributed by atoms with Gasteiger partial charge in [0.05, 0.1) is 0 Å². The molecule has 1 saturated carbocycles. The van der Waals surface area contributed by atoms with Gasteiger partial charge < -0.3 is 5.32 Å². The van der Waals surface area contributed by atoms with Crippen LogP contribution < -0.4 is 5.32 Å². The highest BCUT2D eigenvalue weighted by Crippen LogP contribution is 2.37. The molecule has 2 atom stereocenters. The van der Waals surface area contributed by atoms with Crippen LogP contribution in [-0.4, -0.2) is 12.1 Å². The van der Waals surface area contributed by atoms with Gasteiger partial charge in [-0.2, -0.15) is 0 Å². The van der Waals surface area contributed by atoms with Crippen LogP contribution in [0.4, 0.5) is 0 Å². The van der Waals surface area contributed by atoms with Crippen molar-refractivity contribution in [3.63, 3.8) is 0 Å². The summed E-state index contributed by atoms with van der Waals surface area (Å²) in [6, 6.07) is 0. The fraction of sp³-hybridized carbons (Fsp3) is 1.00. The standard InChI is InChI=1S/C8H15N/c1-7-3-2-4-8(5-7)6-9-8/h7,9H,2-6H2,1H3. The summed E-state index contributed by atoms with van der Waals surface area (Å²) in [5.41, 5.74) is 0.650. The van der Waals surface area contributed by atoms with Crippen molar-refractivity contribution in [3.05, 3.63) is 0 Å². The van der Waals surface area contributed by atoms with Gasteiger partial charge in [0.2, 0.25) is 0 Å². The van der Waals surface area contributed by atoms with Crippen molar-refractivity contribution in [2.45, 2.75) is 38.1 Å². The van der Waals surface area contributed by atoms with Gasteiger partial charge in [0.1, 0.15) is 0 Å². The number of hydrogen-bond acceptors (Lipinski definition) is 1. The van der Waals surface area contributed by atoms with E-state index in [9.17, 15) is 0 Å². The Morgan fingerprint density at radius 3 is 2.78 bits per heavy atom. The van der Waals surface area contributed by atoms with Crippen molar-refractivity contribution in [1.82, 2.24) is 5.32 Å². The Bertz CT molecular complexity index is 116. The first-order chi connectivity index (χ1) is 4.31. The van der Waals surface area contributed by atoms with Crippen LogP contribution in [0.3, 0.4) is 0 Å². The monoisotopic (exact) mass is 125 g/mol. The molecular weight excluding hydrogens is 110 g/mol. The maximum absolute atomic E-state index is 3.48. The Morgan fingerprint density at radius 1 is 1.56 bits per heavy atom. The normalized spacial score (nSPS) is 49.7. The van der Waals surface area contributed by atoms with Crippen molar-refractivity contribution in [3.8, 4) is 0 Å². The number of rotatable bonds is 0. The zero-order chi connectivity index (χ0) is 6.32. The van der Waals surface area contributed by atoms with Crippen molar-refractivity contribution in [2.75, 3.05) is 6.54 Å². The van der Waals surface area contributed by atoms with Gasteiger partial charge in [-0.05, 0) is 18.8 Å². The summed E-state index contributed by atoms with van der Waals surface area (Å²) in [7, 11) is 0. The van der Waals surface area contributed by atoms with E-state index in [0.717, 1.165) is 5.92 Å². The number of nitrogens with one attached hydrogen (secondary N) is 1. The fourth-order valence-electron chi connectivity index (χ4n) is 2.11. The maximum Gasteiger partial charge on any atom is 0.0309 e. The van der Waals surface area contributed by atoms with E-state index < -0.39 is 0 Å². The molecule has 0 radical (unpaired) electrons. The lowest BCUT2D eigenvalue weighted by molar-refractivity contribution is 0.321. The molecule has 1 heterocycles. The minimum atomic E-state index is 0.650. The van der Waals surface area contributed by atoms with Crippen LogP contribution in [-0.2, 0) is 0 Å². The fourth-order valence-corrected chi connectivity index (χ4v) is 2.11. The van der Waals surface area contributed by atoms with Crippen LogP contribution >= 0.6 is 0 Å². The van der Waals surface area contributed by atoms with Crippen molar-refractivity contribution in [2.24, 2.45) is 5.92 Å². The third-order valence-electron chi connectivity index (χ3n) is 2.77. The molecule has 2 aliphatic rings. The zero-order valence-corrected chi connectivity index (χ0v) is 6.11. The molecule has 1 N–H and O–H groups in total. The summed E-state index contributed by atoms with van der Waals surface area (Å²) in [5, 5.41) is 3.48. The minimum absolute atomic E-state index is 0.650. The second-order valence-corrected chi connectivity index (χ2v) is 3.84. The molecule has 0 amide bonds. The van der Waals surface area contributed by atoms with Gasteiger partial charge in [0, 0.05) is 12.1 Å². The van der Waals surface area contributed by atoms with Crippen molar-refractivity contribution < 1.29 is 0 Å². The van der Waals surface area contributed by atoms with Crippen LogP contribution in [0.15, 0.2) is 0 Å². The first-order valence-electron chi connectivity index (χ1n) is 4.06. The molecule has 1 heteroatoms. The predicted octanol–water partition coefficient (Wildman–Crippen LogP) is 1.54. The molecule has 1 saturated heterocycles. The van der Waals surface area contributed by atoms with Gasteiger partial charge in [0.15, 0.2) is 0 Å². The van der Waals surface area contributed by atoms with Crippen LogP contribution in [0, 0.1) is 5.92 Å². The van der Waals surface area contributed by atoms with Crippen LogP contribution in [0.25, 0.3) is 0 Å². The molecule has 1 spiro atoms. The summed E-state index contributed by atoms with van der Waals surface area (Å²) < 4.78 is 0. The molecular formula is C8H15N. The average molecular weight is 125 g/mol. The summed E-state index contributed by atoms with van der Waals surface area (Å²) in [5.74, 6) is 0.980. The second kappa shape index (κ2) is 1.72. The lowest BCUT2D eigenvalue weighted by atomic mass is 9.82. The Labute approximate surface area is 56.8 Å². The topological polar surface area (TPSA) is 21.9 Å².